The van der Waals surface area contributed by atoms with Crippen LogP contribution < -0.4 is 24.3 Å². The molecule has 2 aromatic rings. The number of methoxy groups -OCH3 is 1. The standard InChI is InChI=1S/C21H21NO5/c1-3-10-25-17-7-4-15(11-19(17)24-2)6-9-21(23)22-13-16-5-8-18-20(12-16)27-14-26-18/h3-9,11-12H,1,10,13-14H2,2H3,(H,22,23)/b9-6+. The van der Waals surface area contributed by atoms with Crippen LogP contribution in [0.4, 0.5) is 0 Å². The number of rotatable bonds is 8. The van der Waals surface area contributed by atoms with Gasteiger partial charge in [0.2, 0.25) is 12.7 Å². The molecule has 0 unspecified atom stereocenters. The lowest BCUT2D eigenvalue weighted by molar-refractivity contribution is -0.116. The van der Waals surface area contributed by atoms with E-state index < -0.39 is 0 Å². The molecule has 0 spiro atoms. The fourth-order valence-corrected chi connectivity index (χ4v) is 2.53. The minimum Gasteiger partial charge on any atom is -0.493 e. The average molecular weight is 367 g/mol. The second-order valence-corrected chi connectivity index (χ2v) is 5.75. The third-order valence-electron chi connectivity index (χ3n) is 3.88. The van der Waals surface area contributed by atoms with Crippen LogP contribution in [0.1, 0.15) is 11.1 Å². The number of carbonyl (C=O) groups is 1. The Kier molecular flexibility index (Phi) is 5.99. The van der Waals surface area contributed by atoms with Crippen LogP contribution >= 0.6 is 0 Å². The van der Waals surface area contributed by atoms with E-state index in [-0.39, 0.29) is 12.7 Å². The maximum Gasteiger partial charge on any atom is 0.244 e. The van der Waals surface area contributed by atoms with Gasteiger partial charge in [-0.3, -0.25) is 4.79 Å². The van der Waals surface area contributed by atoms with Gasteiger partial charge in [-0.1, -0.05) is 24.8 Å². The number of fused-ring (bicyclic) bond motifs is 1. The summed E-state index contributed by atoms with van der Waals surface area (Å²) in [5.74, 6) is 2.45. The molecule has 0 saturated carbocycles. The summed E-state index contributed by atoms with van der Waals surface area (Å²) < 4.78 is 21.4. The molecule has 27 heavy (non-hydrogen) atoms. The summed E-state index contributed by atoms with van der Waals surface area (Å²) in [6.45, 7) is 4.65. The van der Waals surface area contributed by atoms with Crippen molar-refractivity contribution in [1.82, 2.24) is 5.32 Å². The quantitative estimate of drug-likeness (QED) is 0.573. The van der Waals surface area contributed by atoms with Crippen molar-refractivity contribution in [2.24, 2.45) is 0 Å². The average Bonchev–Trinajstić information content (AvgIpc) is 3.17. The maximum absolute atomic E-state index is 12.1. The van der Waals surface area contributed by atoms with E-state index in [0.717, 1.165) is 16.9 Å². The van der Waals surface area contributed by atoms with E-state index in [1.54, 1.807) is 31.4 Å². The molecule has 2 aromatic carbocycles. The predicted molar refractivity (Wildman–Crippen MR) is 102 cm³/mol. The Morgan fingerprint density at radius 2 is 2.04 bits per heavy atom. The fraction of sp³-hybridized carbons (Fsp3) is 0.190. The first-order valence-corrected chi connectivity index (χ1v) is 8.46. The highest BCUT2D eigenvalue weighted by Gasteiger charge is 2.13. The largest absolute Gasteiger partial charge is 0.493 e. The monoisotopic (exact) mass is 367 g/mol. The van der Waals surface area contributed by atoms with Crippen molar-refractivity contribution in [1.29, 1.82) is 0 Å². The second kappa shape index (κ2) is 8.80. The zero-order chi connectivity index (χ0) is 19.1. The van der Waals surface area contributed by atoms with Crippen molar-refractivity contribution in [3.63, 3.8) is 0 Å². The van der Waals surface area contributed by atoms with E-state index in [4.69, 9.17) is 18.9 Å². The molecule has 0 aromatic heterocycles. The Balaban J connectivity index is 1.57. The summed E-state index contributed by atoms with van der Waals surface area (Å²) in [6.07, 6.45) is 4.86. The molecule has 0 fully saturated rings. The minimum atomic E-state index is -0.196. The first-order chi connectivity index (χ1) is 13.2. The number of hydrogen-bond donors (Lipinski definition) is 1. The molecule has 0 radical (unpaired) electrons. The summed E-state index contributed by atoms with van der Waals surface area (Å²) in [5, 5.41) is 2.84. The van der Waals surface area contributed by atoms with Gasteiger partial charge in [0.05, 0.1) is 7.11 Å². The number of hydrogen-bond acceptors (Lipinski definition) is 5. The lowest BCUT2D eigenvalue weighted by atomic mass is 10.2. The van der Waals surface area contributed by atoms with Crippen LogP contribution in [0.25, 0.3) is 6.08 Å². The van der Waals surface area contributed by atoms with E-state index in [2.05, 4.69) is 11.9 Å². The molecule has 0 atom stereocenters. The Labute approximate surface area is 158 Å². The zero-order valence-corrected chi connectivity index (χ0v) is 15.1. The number of carbonyl (C=O) groups excluding carboxylic acids is 1. The molecular weight excluding hydrogens is 346 g/mol. The Hall–Kier alpha value is -3.41. The van der Waals surface area contributed by atoms with Gasteiger partial charge in [-0.05, 0) is 41.5 Å². The van der Waals surface area contributed by atoms with E-state index in [0.29, 0.717) is 30.4 Å². The Bertz CT molecular complexity index is 860. The normalized spacial score (nSPS) is 12.0. The molecule has 0 aliphatic carbocycles. The first kappa shape index (κ1) is 18.4. The zero-order valence-electron chi connectivity index (χ0n) is 15.1. The van der Waals surface area contributed by atoms with Crippen molar-refractivity contribution in [2.45, 2.75) is 6.54 Å². The highest BCUT2D eigenvalue weighted by atomic mass is 16.7. The van der Waals surface area contributed by atoms with E-state index in [1.807, 2.05) is 24.3 Å². The van der Waals surface area contributed by atoms with E-state index in [1.165, 1.54) is 6.08 Å². The molecule has 0 bridgehead atoms. The van der Waals surface area contributed by atoms with Crippen LogP contribution in [0.15, 0.2) is 55.1 Å². The Morgan fingerprint density at radius 1 is 1.19 bits per heavy atom. The summed E-state index contributed by atoms with van der Waals surface area (Å²) in [6, 6.07) is 11.0. The van der Waals surface area contributed by atoms with Gasteiger partial charge in [-0.15, -0.1) is 0 Å². The molecule has 1 amide bonds. The van der Waals surface area contributed by atoms with Crippen molar-refractivity contribution in [3.8, 4) is 23.0 Å². The molecule has 0 saturated heterocycles. The summed E-state index contributed by atoms with van der Waals surface area (Å²) in [5.41, 5.74) is 1.77. The molecule has 1 aliphatic heterocycles. The van der Waals surface area contributed by atoms with E-state index in [9.17, 15) is 4.79 Å². The van der Waals surface area contributed by atoms with Crippen LogP contribution in [-0.2, 0) is 11.3 Å². The number of nitrogens with one attached hydrogen (secondary N) is 1. The van der Waals surface area contributed by atoms with Gasteiger partial charge in [0, 0.05) is 12.6 Å². The van der Waals surface area contributed by atoms with Gasteiger partial charge in [-0.25, -0.2) is 0 Å². The molecule has 3 rings (SSSR count). The molecular formula is C21H21NO5. The van der Waals surface area contributed by atoms with Gasteiger partial charge in [0.1, 0.15) is 6.61 Å². The lowest BCUT2D eigenvalue weighted by Crippen LogP contribution is -2.20. The number of ether oxygens (including phenoxy) is 4. The van der Waals surface area contributed by atoms with E-state index >= 15 is 0 Å². The highest BCUT2D eigenvalue weighted by molar-refractivity contribution is 5.91. The van der Waals surface area contributed by atoms with Crippen LogP contribution in [-0.4, -0.2) is 26.4 Å². The van der Waals surface area contributed by atoms with Crippen LogP contribution in [0.5, 0.6) is 23.0 Å². The minimum absolute atomic E-state index is 0.196. The van der Waals surface area contributed by atoms with Crippen LogP contribution in [0.2, 0.25) is 0 Å². The lowest BCUT2D eigenvalue weighted by Gasteiger charge is -2.09. The third kappa shape index (κ3) is 4.82. The van der Waals surface area contributed by atoms with Gasteiger partial charge in [0.25, 0.3) is 0 Å². The first-order valence-electron chi connectivity index (χ1n) is 8.46. The predicted octanol–water partition coefficient (Wildman–Crippen LogP) is 3.32. The van der Waals surface area contributed by atoms with Crippen molar-refractivity contribution < 1.29 is 23.7 Å². The summed E-state index contributed by atoms with van der Waals surface area (Å²) in [4.78, 5) is 12.1. The van der Waals surface area contributed by atoms with Crippen molar-refractivity contribution in [2.75, 3.05) is 20.5 Å². The van der Waals surface area contributed by atoms with Gasteiger partial charge < -0.3 is 24.3 Å². The molecule has 140 valence electrons. The fourth-order valence-electron chi connectivity index (χ4n) is 2.53. The van der Waals surface area contributed by atoms with Crippen LogP contribution in [0.3, 0.4) is 0 Å². The summed E-state index contributed by atoms with van der Waals surface area (Å²) in [7, 11) is 1.57. The number of amides is 1. The van der Waals surface area contributed by atoms with Crippen LogP contribution in [0, 0.1) is 0 Å². The molecule has 6 heteroatoms. The Morgan fingerprint density at radius 3 is 2.85 bits per heavy atom. The maximum atomic E-state index is 12.1. The van der Waals surface area contributed by atoms with Gasteiger partial charge in [-0.2, -0.15) is 0 Å². The van der Waals surface area contributed by atoms with Gasteiger partial charge in [0.15, 0.2) is 23.0 Å². The molecule has 1 aliphatic rings. The SMILES string of the molecule is C=CCOc1ccc(/C=C/C(=O)NCc2ccc3c(c2)OCO3)cc1OC. The van der Waals surface area contributed by atoms with Gasteiger partial charge >= 0.3 is 0 Å². The molecule has 6 nitrogen and oxygen atoms in total. The molecule has 1 heterocycles. The third-order valence-corrected chi connectivity index (χ3v) is 3.88. The second-order valence-electron chi connectivity index (χ2n) is 5.75. The molecule has 1 N–H and O–H groups in total. The van der Waals surface area contributed by atoms with Crippen molar-refractivity contribution in [3.05, 3.63) is 66.3 Å². The topological polar surface area (TPSA) is 66.0 Å². The summed E-state index contributed by atoms with van der Waals surface area (Å²) >= 11 is 0. The smallest absolute Gasteiger partial charge is 0.244 e. The number of benzene rings is 2. The highest BCUT2D eigenvalue weighted by Crippen LogP contribution is 2.32. The van der Waals surface area contributed by atoms with Crippen molar-refractivity contribution >= 4 is 12.0 Å².